The number of carboxylic acids is 1. The van der Waals surface area contributed by atoms with Crippen LogP contribution in [0, 0.1) is 0 Å². The molecule has 2 heterocycles. The molecule has 118 valence electrons. The van der Waals surface area contributed by atoms with Crippen LogP contribution in [0.4, 0.5) is 4.79 Å². The normalized spacial score (nSPS) is 27.0. The van der Waals surface area contributed by atoms with Crippen molar-refractivity contribution in [2.24, 2.45) is 0 Å². The number of hydrogen-bond donors (Lipinski definition) is 1. The highest BCUT2D eigenvalue weighted by molar-refractivity contribution is 8.00. The quantitative estimate of drug-likeness (QED) is 0.803. The predicted octanol–water partition coefficient (Wildman–Crippen LogP) is 0.509. The largest absolute Gasteiger partial charge is 0.480 e. The molecule has 2 atom stereocenters. The van der Waals surface area contributed by atoms with Gasteiger partial charge in [0.05, 0.1) is 5.37 Å². The summed E-state index contributed by atoms with van der Waals surface area (Å²) in [5.41, 5.74) is 0. The Labute approximate surface area is 128 Å². The number of amides is 3. The highest BCUT2D eigenvalue weighted by Crippen LogP contribution is 2.32. The van der Waals surface area contributed by atoms with Crippen molar-refractivity contribution >= 4 is 29.7 Å². The first-order valence-corrected chi connectivity index (χ1v) is 8.16. The molecular formula is C13H21N3O4S. The molecule has 2 rings (SSSR count). The van der Waals surface area contributed by atoms with Gasteiger partial charge < -0.3 is 14.9 Å². The maximum Gasteiger partial charge on any atom is 0.327 e. The van der Waals surface area contributed by atoms with Gasteiger partial charge in [0.1, 0.15) is 12.6 Å². The lowest BCUT2D eigenvalue weighted by Gasteiger charge is -2.32. The molecule has 0 spiro atoms. The summed E-state index contributed by atoms with van der Waals surface area (Å²) in [6, 6.07) is -1.13. The Morgan fingerprint density at radius 1 is 1.38 bits per heavy atom. The summed E-state index contributed by atoms with van der Waals surface area (Å²) in [5.74, 6) is -0.681. The van der Waals surface area contributed by atoms with Gasteiger partial charge in [-0.1, -0.05) is 6.92 Å². The summed E-state index contributed by atoms with van der Waals surface area (Å²) in [6.07, 6.45) is 1.41. The molecule has 3 amide bonds. The molecule has 0 saturated carbocycles. The van der Waals surface area contributed by atoms with Gasteiger partial charge in [0.2, 0.25) is 5.91 Å². The van der Waals surface area contributed by atoms with E-state index in [2.05, 4.69) is 0 Å². The Morgan fingerprint density at radius 3 is 2.71 bits per heavy atom. The molecule has 0 aliphatic carbocycles. The number of thioether (sulfide) groups is 1. The van der Waals surface area contributed by atoms with Gasteiger partial charge in [0.25, 0.3) is 0 Å². The Morgan fingerprint density at radius 2 is 2.10 bits per heavy atom. The van der Waals surface area contributed by atoms with Crippen molar-refractivity contribution in [1.82, 2.24) is 14.7 Å². The van der Waals surface area contributed by atoms with Crippen molar-refractivity contribution < 1.29 is 19.5 Å². The molecule has 2 unspecified atom stereocenters. The first kappa shape index (κ1) is 15.9. The van der Waals surface area contributed by atoms with Crippen LogP contribution in [0.2, 0.25) is 0 Å². The molecular weight excluding hydrogens is 294 g/mol. The minimum atomic E-state index is -0.981. The number of carbonyl (C=O) groups is 3. The summed E-state index contributed by atoms with van der Waals surface area (Å²) < 4.78 is 0. The number of carbonyl (C=O) groups excluding carboxylic acids is 2. The SMILES string of the molecule is CCC1SCC(C(=O)O)N1C(=O)N1CCCN(C)C(=O)C1. The number of hydrogen-bond acceptors (Lipinski definition) is 4. The zero-order valence-electron chi connectivity index (χ0n) is 12.3. The number of likely N-dealkylation sites (N-methyl/N-ethyl adjacent to an activating group) is 1. The minimum absolute atomic E-state index is 0.0271. The zero-order chi connectivity index (χ0) is 15.6. The van der Waals surface area contributed by atoms with Crippen molar-refractivity contribution in [3.05, 3.63) is 0 Å². The van der Waals surface area contributed by atoms with Gasteiger partial charge in [-0.15, -0.1) is 11.8 Å². The van der Waals surface area contributed by atoms with E-state index in [0.717, 1.165) is 0 Å². The van der Waals surface area contributed by atoms with Crippen LogP contribution in [0.3, 0.4) is 0 Å². The fourth-order valence-corrected chi connectivity index (χ4v) is 3.98. The Hall–Kier alpha value is -1.44. The van der Waals surface area contributed by atoms with Crippen LogP contribution < -0.4 is 0 Å². The van der Waals surface area contributed by atoms with Gasteiger partial charge in [-0.05, 0) is 12.8 Å². The minimum Gasteiger partial charge on any atom is -0.480 e. The Balaban J connectivity index is 2.15. The van der Waals surface area contributed by atoms with E-state index in [1.54, 1.807) is 11.9 Å². The third-order valence-electron chi connectivity index (χ3n) is 3.89. The molecule has 2 saturated heterocycles. The molecule has 0 aromatic carbocycles. The van der Waals surface area contributed by atoms with E-state index < -0.39 is 12.0 Å². The third kappa shape index (κ3) is 3.25. The number of aliphatic carboxylic acids is 1. The van der Waals surface area contributed by atoms with E-state index in [0.29, 0.717) is 31.7 Å². The molecule has 2 aliphatic heterocycles. The highest BCUT2D eigenvalue weighted by Gasteiger charge is 2.43. The fraction of sp³-hybridized carbons (Fsp3) is 0.769. The predicted molar refractivity (Wildman–Crippen MR) is 79.0 cm³/mol. The molecule has 2 fully saturated rings. The van der Waals surface area contributed by atoms with Gasteiger partial charge in [0, 0.05) is 25.9 Å². The fourth-order valence-electron chi connectivity index (χ4n) is 2.64. The van der Waals surface area contributed by atoms with Crippen molar-refractivity contribution in [1.29, 1.82) is 0 Å². The van der Waals surface area contributed by atoms with Crippen LogP contribution in [-0.4, -0.2) is 81.6 Å². The molecule has 0 aromatic rings. The second-order valence-corrected chi connectivity index (χ2v) is 6.54. The first-order valence-electron chi connectivity index (χ1n) is 7.11. The third-order valence-corrected chi connectivity index (χ3v) is 5.35. The summed E-state index contributed by atoms with van der Waals surface area (Å²) in [4.78, 5) is 40.5. The number of nitrogens with zero attached hydrogens (tertiary/aromatic N) is 3. The molecule has 7 nitrogen and oxygen atoms in total. The average molecular weight is 315 g/mol. The van der Waals surface area contributed by atoms with E-state index in [1.807, 2.05) is 6.92 Å². The van der Waals surface area contributed by atoms with Gasteiger partial charge in [-0.3, -0.25) is 9.69 Å². The molecule has 0 bridgehead atoms. The topological polar surface area (TPSA) is 81.2 Å². The van der Waals surface area contributed by atoms with Gasteiger partial charge in [-0.25, -0.2) is 9.59 Å². The van der Waals surface area contributed by atoms with Crippen LogP contribution >= 0.6 is 11.8 Å². The van der Waals surface area contributed by atoms with Crippen LogP contribution in [0.5, 0.6) is 0 Å². The lowest BCUT2D eigenvalue weighted by molar-refractivity contribution is -0.141. The number of rotatable bonds is 2. The summed E-state index contributed by atoms with van der Waals surface area (Å²) in [7, 11) is 1.72. The van der Waals surface area contributed by atoms with E-state index in [9.17, 15) is 19.5 Å². The first-order chi connectivity index (χ1) is 9.95. The molecule has 21 heavy (non-hydrogen) atoms. The molecule has 8 heteroatoms. The lowest BCUT2D eigenvalue weighted by atomic mass is 10.2. The average Bonchev–Trinajstić information content (AvgIpc) is 2.81. The van der Waals surface area contributed by atoms with E-state index in [-0.39, 0.29) is 23.9 Å². The standard InChI is InChI=1S/C13H21N3O4S/c1-3-11-16(9(8-21-11)12(18)19)13(20)15-6-4-5-14(2)10(17)7-15/h9,11H,3-8H2,1-2H3,(H,18,19). The Kier molecular flexibility index (Phi) is 4.97. The van der Waals surface area contributed by atoms with Gasteiger partial charge in [0.15, 0.2) is 0 Å². The number of carboxylic acid groups (broad SMARTS) is 1. The smallest absolute Gasteiger partial charge is 0.327 e. The van der Waals surface area contributed by atoms with Crippen molar-refractivity contribution in [3.8, 4) is 0 Å². The number of urea groups is 1. The second-order valence-electron chi connectivity index (χ2n) is 5.33. The Bertz CT molecular complexity index is 445. The van der Waals surface area contributed by atoms with Crippen molar-refractivity contribution in [2.75, 3.05) is 32.4 Å². The van der Waals surface area contributed by atoms with Crippen LogP contribution in [-0.2, 0) is 9.59 Å². The maximum atomic E-state index is 12.7. The summed E-state index contributed by atoms with van der Waals surface area (Å²) in [6.45, 7) is 3.07. The van der Waals surface area contributed by atoms with E-state index in [4.69, 9.17) is 0 Å². The highest BCUT2D eigenvalue weighted by atomic mass is 32.2. The second kappa shape index (κ2) is 6.55. The van der Waals surface area contributed by atoms with Crippen LogP contribution in [0.15, 0.2) is 0 Å². The van der Waals surface area contributed by atoms with Gasteiger partial charge >= 0.3 is 12.0 Å². The lowest BCUT2D eigenvalue weighted by Crippen LogP contribution is -2.52. The van der Waals surface area contributed by atoms with Crippen LogP contribution in [0.1, 0.15) is 19.8 Å². The molecule has 0 radical (unpaired) electrons. The molecule has 0 aromatic heterocycles. The van der Waals surface area contributed by atoms with Gasteiger partial charge in [-0.2, -0.15) is 0 Å². The van der Waals surface area contributed by atoms with E-state index in [1.165, 1.54) is 21.6 Å². The van der Waals surface area contributed by atoms with E-state index >= 15 is 0 Å². The molecule has 1 N–H and O–H groups in total. The maximum absolute atomic E-state index is 12.7. The van der Waals surface area contributed by atoms with Crippen molar-refractivity contribution in [3.63, 3.8) is 0 Å². The monoisotopic (exact) mass is 315 g/mol. The zero-order valence-corrected chi connectivity index (χ0v) is 13.1. The summed E-state index contributed by atoms with van der Waals surface area (Å²) >= 11 is 1.49. The molecule has 2 aliphatic rings. The summed E-state index contributed by atoms with van der Waals surface area (Å²) in [5, 5.41) is 9.16. The van der Waals surface area contributed by atoms with Crippen molar-refractivity contribution in [2.45, 2.75) is 31.2 Å². The van der Waals surface area contributed by atoms with Crippen LogP contribution in [0.25, 0.3) is 0 Å².